The fraction of sp³-hybridized carbons (Fsp3) is 0.462. The van der Waals surface area contributed by atoms with E-state index in [9.17, 15) is 4.79 Å². The van der Waals surface area contributed by atoms with Crippen LogP contribution in [0, 0.1) is 5.92 Å². The first-order valence-electron chi connectivity index (χ1n) is 5.84. The maximum atomic E-state index is 11.1. The fourth-order valence-electron chi connectivity index (χ4n) is 2.08. The van der Waals surface area contributed by atoms with Gasteiger partial charge < -0.3 is 10.6 Å². The van der Waals surface area contributed by atoms with Crippen molar-refractivity contribution >= 4 is 11.6 Å². The van der Waals surface area contributed by atoms with Gasteiger partial charge in [0, 0.05) is 12.2 Å². The lowest BCUT2D eigenvalue weighted by Crippen LogP contribution is -2.38. The third-order valence-electron chi connectivity index (χ3n) is 3.17. The predicted molar refractivity (Wildman–Crippen MR) is 65.2 cm³/mol. The minimum Gasteiger partial charge on any atom is -0.368 e. The number of hydrogen-bond acceptors (Lipinski definition) is 2. The van der Waals surface area contributed by atoms with Gasteiger partial charge in [0.15, 0.2) is 0 Å². The summed E-state index contributed by atoms with van der Waals surface area (Å²) in [6, 6.07) is 10.0. The molecule has 1 fully saturated rings. The quantitative estimate of drug-likeness (QED) is 0.818. The normalized spacial score (nSPS) is 15.5. The zero-order valence-electron chi connectivity index (χ0n) is 9.43. The van der Waals surface area contributed by atoms with Crippen molar-refractivity contribution in [1.82, 2.24) is 0 Å². The minimum absolute atomic E-state index is 0.261. The number of anilines is 1. The van der Waals surface area contributed by atoms with E-state index in [1.165, 1.54) is 19.3 Å². The smallest absolute Gasteiger partial charge is 0.236 e. The molecular formula is C13H18N2O. The second-order valence-electron chi connectivity index (χ2n) is 4.48. The first-order valence-corrected chi connectivity index (χ1v) is 5.84. The van der Waals surface area contributed by atoms with Crippen LogP contribution in [-0.4, -0.2) is 19.0 Å². The van der Waals surface area contributed by atoms with Crippen LogP contribution in [0.3, 0.4) is 0 Å². The molecule has 0 atom stereocenters. The van der Waals surface area contributed by atoms with Crippen LogP contribution in [0.5, 0.6) is 0 Å². The number of rotatable bonds is 5. The molecule has 0 aliphatic heterocycles. The maximum absolute atomic E-state index is 11.1. The van der Waals surface area contributed by atoms with Gasteiger partial charge in [-0.15, -0.1) is 0 Å². The van der Waals surface area contributed by atoms with E-state index in [4.69, 9.17) is 5.73 Å². The first-order chi connectivity index (χ1) is 7.75. The van der Waals surface area contributed by atoms with E-state index in [0.717, 1.165) is 18.2 Å². The van der Waals surface area contributed by atoms with E-state index < -0.39 is 0 Å². The average Bonchev–Trinajstić information content (AvgIpc) is 2.22. The summed E-state index contributed by atoms with van der Waals surface area (Å²) >= 11 is 0. The molecule has 1 amide bonds. The van der Waals surface area contributed by atoms with Gasteiger partial charge in [-0.2, -0.15) is 0 Å². The molecule has 0 bridgehead atoms. The van der Waals surface area contributed by atoms with Gasteiger partial charge >= 0.3 is 0 Å². The van der Waals surface area contributed by atoms with Crippen molar-refractivity contribution in [2.75, 3.05) is 18.0 Å². The van der Waals surface area contributed by atoms with E-state index in [2.05, 4.69) is 4.90 Å². The Morgan fingerprint density at radius 1 is 1.31 bits per heavy atom. The van der Waals surface area contributed by atoms with Crippen LogP contribution in [0.2, 0.25) is 0 Å². The Kier molecular flexibility index (Phi) is 3.44. The molecule has 2 rings (SSSR count). The molecule has 1 aromatic carbocycles. The van der Waals surface area contributed by atoms with Crippen LogP contribution in [0.4, 0.5) is 5.69 Å². The summed E-state index contributed by atoms with van der Waals surface area (Å²) < 4.78 is 0. The number of benzene rings is 1. The van der Waals surface area contributed by atoms with Crippen LogP contribution in [0.25, 0.3) is 0 Å². The van der Waals surface area contributed by atoms with Crippen LogP contribution >= 0.6 is 0 Å². The number of hydrogen-bond donors (Lipinski definition) is 1. The Balaban J connectivity index is 2.04. The van der Waals surface area contributed by atoms with E-state index >= 15 is 0 Å². The maximum Gasteiger partial charge on any atom is 0.236 e. The fourth-order valence-corrected chi connectivity index (χ4v) is 2.08. The predicted octanol–water partition coefficient (Wildman–Crippen LogP) is 1.78. The van der Waals surface area contributed by atoms with E-state index in [-0.39, 0.29) is 5.91 Å². The summed E-state index contributed by atoms with van der Waals surface area (Å²) in [7, 11) is 0. The highest BCUT2D eigenvalue weighted by Crippen LogP contribution is 2.28. The lowest BCUT2D eigenvalue weighted by atomic mass is 9.85. The molecule has 0 spiro atoms. The Bertz CT molecular complexity index is 346. The highest BCUT2D eigenvalue weighted by molar-refractivity contribution is 5.79. The molecule has 1 aliphatic rings. The van der Waals surface area contributed by atoms with Gasteiger partial charge in [0.2, 0.25) is 5.91 Å². The van der Waals surface area contributed by atoms with Crippen LogP contribution in [-0.2, 0) is 4.79 Å². The van der Waals surface area contributed by atoms with Crippen molar-refractivity contribution < 1.29 is 4.79 Å². The highest BCUT2D eigenvalue weighted by atomic mass is 16.1. The van der Waals surface area contributed by atoms with E-state index in [0.29, 0.717) is 6.54 Å². The molecule has 1 aromatic rings. The van der Waals surface area contributed by atoms with Gasteiger partial charge in [-0.3, -0.25) is 4.79 Å². The molecular weight excluding hydrogens is 200 g/mol. The van der Waals surface area contributed by atoms with Gasteiger partial charge in [0.05, 0.1) is 6.54 Å². The molecule has 1 saturated carbocycles. The topological polar surface area (TPSA) is 46.3 Å². The van der Waals surface area contributed by atoms with Crippen molar-refractivity contribution in [2.24, 2.45) is 11.7 Å². The summed E-state index contributed by atoms with van der Waals surface area (Å²) in [5.41, 5.74) is 6.38. The van der Waals surface area contributed by atoms with Crippen LogP contribution < -0.4 is 10.6 Å². The Morgan fingerprint density at radius 2 is 2.00 bits per heavy atom. The number of amides is 1. The molecule has 86 valence electrons. The summed E-state index contributed by atoms with van der Waals surface area (Å²) in [5.74, 6) is 0.475. The average molecular weight is 218 g/mol. The van der Waals surface area contributed by atoms with Crippen LogP contribution in [0.1, 0.15) is 19.3 Å². The molecule has 3 heteroatoms. The monoisotopic (exact) mass is 218 g/mol. The second kappa shape index (κ2) is 5.01. The van der Waals surface area contributed by atoms with Gasteiger partial charge in [0.1, 0.15) is 0 Å². The Hall–Kier alpha value is -1.51. The zero-order valence-corrected chi connectivity index (χ0v) is 9.43. The Labute approximate surface area is 96.2 Å². The van der Waals surface area contributed by atoms with E-state index in [1.807, 2.05) is 30.3 Å². The van der Waals surface area contributed by atoms with Crippen molar-refractivity contribution in [3.8, 4) is 0 Å². The highest BCUT2D eigenvalue weighted by Gasteiger charge is 2.21. The number of nitrogens with zero attached hydrogens (tertiary/aromatic N) is 1. The van der Waals surface area contributed by atoms with Gasteiger partial charge in [-0.1, -0.05) is 24.6 Å². The van der Waals surface area contributed by atoms with Crippen molar-refractivity contribution in [2.45, 2.75) is 19.3 Å². The number of carbonyl (C=O) groups excluding carboxylic acids is 1. The SMILES string of the molecule is NC(=O)CN(CC1CCC1)c1ccccc1. The molecule has 0 saturated heterocycles. The Morgan fingerprint density at radius 3 is 2.50 bits per heavy atom. The zero-order chi connectivity index (χ0) is 11.4. The number of para-hydroxylation sites is 1. The minimum atomic E-state index is -0.261. The van der Waals surface area contributed by atoms with Gasteiger partial charge in [-0.05, 0) is 30.9 Å². The van der Waals surface area contributed by atoms with Crippen molar-refractivity contribution in [1.29, 1.82) is 0 Å². The summed E-state index contributed by atoms with van der Waals surface area (Å²) in [4.78, 5) is 13.1. The molecule has 0 aromatic heterocycles. The lowest BCUT2D eigenvalue weighted by Gasteiger charge is -2.33. The first kappa shape index (κ1) is 11.0. The van der Waals surface area contributed by atoms with E-state index in [1.54, 1.807) is 0 Å². The number of nitrogens with two attached hydrogens (primary N) is 1. The third-order valence-corrected chi connectivity index (χ3v) is 3.17. The molecule has 2 N–H and O–H groups in total. The molecule has 3 nitrogen and oxygen atoms in total. The van der Waals surface area contributed by atoms with Crippen molar-refractivity contribution in [3.63, 3.8) is 0 Å². The van der Waals surface area contributed by atoms with Crippen LogP contribution in [0.15, 0.2) is 30.3 Å². The van der Waals surface area contributed by atoms with Crippen molar-refractivity contribution in [3.05, 3.63) is 30.3 Å². The number of primary amides is 1. The van der Waals surface area contributed by atoms with Gasteiger partial charge in [-0.25, -0.2) is 0 Å². The second-order valence-corrected chi connectivity index (χ2v) is 4.48. The summed E-state index contributed by atoms with van der Waals surface area (Å²) in [6.45, 7) is 1.27. The number of carbonyl (C=O) groups is 1. The summed E-state index contributed by atoms with van der Waals surface area (Å²) in [5, 5.41) is 0. The molecule has 0 unspecified atom stereocenters. The lowest BCUT2D eigenvalue weighted by molar-refractivity contribution is -0.116. The third kappa shape index (κ3) is 2.75. The molecule has 0 heterocycles. The molecule has 1 aliphatic carbocycles. The van der Waals surface area contributed by atoms with Gasteiger partial charge in [0.25, 0.3) is 0 Å². The standard InChI is InChI=1S/C13H18N2O/c14-13(16)10-15(9-11-5-4-6-11)12-7-2-1-3-8-12/h1-3,7-8,11H,4-6,9-10H2,(H2,14,16). The summed E-state index contributed by atoms with van der Waals surface area (Å²) in [6.07, 6.45) is 3.88. The molecule has 16 heavy (non-hydrogen) atoms. The molecule has 0 radical (unpaired) electrons. The largest absolute Gasteiger partial charge is 0.368 e.